The molecule has 0 spiro atoms. The lowest BCUT2D eigenvalue weighted by atomic mass is 10.1. The van der Waals surface area contributed by atoms with Crippen molar-refractivity contribution >= 4 is 34.8 Å². The predicted octanol–water partition coefficient (Wildman–Crippen LogP) is 3.77. The van der Waals surface area contributed by atoms with Crippen LogP contribution in [0.25, 0.3) is 0 Å². The number of hydrogen-bond donors (Lipinski definition) is 2. The molecule has 0 aromatic heterocycles. The molecule has 2 amide bonds. The van der Waals surface area contributed by atoms with Gasteiger partial charge in [-0.3, -0.25) is 9.59 Å². The Morgan fingerprint density at radius 1 is 1.20 bits per heavy atom. The van der Waals surface area contributed by atoms with Crippen molar-refractivity contribution in [3.63, 3.8) is 0 Å². The smallest absolute Gasteiger partial charge is 0.253 e. The molecule has 1 fully saturated rings. The fourth-order valence-corrected chi connectivity index (χ4v) is 2.91. The molecule has 2 rings (SSSR count). The molecule has 6 heteroatoms. The van der Waals surface area contributed by atoms with Gasteiger partial charge in [0.15, 0.2) is 0 Å². The number of benzene rings is 1. The Morgan fingerprint density at radius 2 is 1.88 bits per heavy atom. The van der Waals surface area contributed by atoms with Crippen molar-refractivity contribution in [2.24, 2.45) is 0 Å². The molecule has 0 unspecified atom stereocenters. The third kappa shape index (κ3) is 5.36. The maximum atomic E-state index is 12.8. The van der Waals surface area contributed by atoms with E-state index in [1.54, 1.807) is 13.0 Å². The van der Waals surface area contributed by atoms with Gasteiger partial charge in [0.05, 0.1) is 5.56 Å². The maximum absolute atomic E-state index is 12.8. The van der Waals surface area contributed by atoms with E-state index >= 15 is 0 Å². The van der Waals surface area contributed by atoms with Crippen LogP contribution in [-0.4, -0.2) is 36.3 Å². The average molecular weight is 366 g/mol. The third-order valence-electron chi connectivity index (χ3n) is 4.56. The van der Waals surface area contributed by atoms with Gasteiger partial charge in [-0.05, 0) is 57.7 Å². The highest BCUT2D eigenvalue weighted by atomic mass is 35.5. The van der Waals surface area contributed by atoms with Gasteiger partial charge in [0.2, 0.25) is 5.91 Å². The number of alkyl halides is 1. The quantitative estimate of drug-likeness (QED) is 0.754. The van der Waals surface area contributed by atoms with E-state index < -0.39 is 5.38 Å². The number of carbonyl (C=O) groups is 2. The van der Waals surface area contributed by atoms with Crippen LogP contribution in [0.15, 0.2) is 18.2 Å². The van der Waals surface area contributed by atoms with Crippen molar-refractivity contribution in [3.8, 4) is 0 Å². The number of nitrogens with one attached hydrogen (secondary N) is 2. The summed E-state index contributed by atoms with van der Waals surface area (Å²) in [5.41, 5.74) is 2.12. The summed E-state index contributed by atoms with van der Waals surface area (Å²) in [6, 6.07) is 5.61. The molecule has 1 saturated heterocycles. The summed E-state index contributed by atoms with van der Waals surface area (Å²) in [6.07, 6.45) is 4.36. The largest absolute Gasteiger partial charge is 0.371 e. The Balaban J connectivity index is 2.30. The van der Waals surface area contributed by atoms with E-state index in [4.69, 9.17) is 11.6 Å². The lowest BCUT2D eigenvalue weighted by Gasteiger charge is -2.31. The zero-order valence-corrected chi connectivity index (χ0v) is 16.0. The Hall–Kier alpha value is -1.75. The average Bonchev–Trinajstić information content (AvgIpc) is 2.62. The molecular formula is C19H28ClN3O2. The van der Waals surface area contributed by atoms with E-state index in [2.05, 4.69) is 15.5 Å². The Labute approximate surface area is 155 Å². The van der Waals surface area contributed by atoms with Crippen molar-refractivity contribution in [1.82, 2.24) is 5.32 Å². The highest BCUT2D eigenvalue weighted by Gasteiger charge is 2.21. The fourth-order valence-electron chi connectivity index (χ4n) is 2.85. The lowest BCUT2D eigenvalue weighted by molar-refractivity contribution is -0.115. The monoisotopic (exact) mass is 365 g/mol. The summed E-state index contributed by atoms with van der Waals surface area (Å²) in [5, 5.41) is 5.16. The first-order valence-corrected chi connectivity index (χ1v) is 9.50. The second-order valence-corrected chi connectivity index (χ2v) is 7.32. The van der Waals surface area contributed by atoms with Gasteiger partial charge in [0, 0.05) is 30.5 Å². The zero-order valence-electron chi connectivity index (χ0n) is 15.3. The molecule has 1 aliphatic heterocycles. The molecule has 0 saturated carbocycles. The Kier molecular flexibility index (Phi) is 7.12. The molecule has 0 radical (unpaired) electrons. The number of amides is 2. The van der Waals surface area contributed by atoms with Gasteiger partial charge in [0.25, 0.3) is 5.91 Å². The van der Waals surface area contributed by atoms with E-state index in [-0.39, 0.29) is 17.9 Å². The molecule has 1 aromatic carbocycles. The van der Waals surface area contributed by atoms with E-state index in [9.17, 15) is 9.59 Å². The molecule has 5 nitrogen and oxygen atoms in total. The number of nitrogens with zero attached hydrogens (tertiary/aromatic N) is 1. The molecule has 2 atom stereocenters. The minimum absolute atomic E-state index is 0.0998. The SMILES string of the molecule is CC[C@@H](C)NC(=O)c1cc(NC(=O)[C@@H](C)Cl)ccc1N1CCCCC1. The summed E-state index contributed by atoms with van der Waals surface area (Å²) in [5.74, 6) is -0.384. The van der Waals surface area contributed by atoms with E-state index in [0.717, 1.165) is 38.0 Å². The first-order chi connectivity index (χ1) is 11.9. The summed E-state index contributed by atoms with van der Waals surface area (Å²) in [4.78, 5) is 26.9. The van der Waals surface area contributed by atoms with E-state index in [1.807, 2.05) is 26.0 Å². The molecule has 1 aromatic rings. The van der Waals surface area contributed by atoms with Crippen LogP contribution in [-0.2, 0) is 4.79 Å². The molecule has 0 bridgehead atoms. The van der Waals surface area contributed by atoms with E-state index in [0.29, 0.717) is 11.3 Å². The molecule has 138 valence electrons. The topological polar surface area (TPSA) is 61.4 Å². The highest BCUT2D eigenvalue weighted by molar-refractivity contribution is 6.32. The number of carbonyl (C=O) groups excluding carboxylic acids is 2. The number of hydrogen-bond acceptors (Lipinski definition) is 3. The minimum Gasteiger partial charge on any atom is -0.371 e. The zero-order chi connectivity index (χ0) is 18.4. The second-order valence-electron chi connectivity index (χ2n) is 6.67. The van der Waals surface area contributed by atoms with Crippen molar-refractivity contribution in [3.05, 3.63) is 23.8 Å². The standard InChI is InChI=1S/C19H28ClN3O2/c1-4-13(2)21-19(25)16-12-15(22-18(24)14(3)20)8-9-17(16)23-10-6-5-7-11-23/h8-9,12-14H,4-7,10-11H2,1-3H3,(H,21,25)(H,22,24)/t13-,14-/m1/s1. The predicted molar refractivity (Wildman–Crippen MR) is 104 cm³/mol. The first kappa shape index (κ1) is 19.6. The Morgan fingerprint density at radius 3 is 2.48 bits per heavy atom. The third-order valence-corrected chi connectivity index (χ3v) is 4.75. The van der Waals surface area contributed by atoms with Crippen molar-refractivity contribution in [2.45, 2.75) is 57.9 Å². The van der Waals surface area contributed by atoms with Crippen molar-refractivity contribution < 1.29 is 9.59 Å². The normalized spacial score (nSPS) is 16.9. The van der Waals surface area contributed by atoms with Gasteiger partial charge >= 0.3 is 0 Å². The maximum Gasteiger partial charge on any atom is 0.253 e. The van der Waals surface area contributed by atoms with Gasteiger partial charge in [-0.15, -0.1) is 11.6 Å². The second kappa shape index (κ2) is 9.09. The van der Waals surface area contributed by atoms with Crippen LogP contribution in [0, 0.1) is 0 Å². The number of anilines is 2. The number of piperidine rings is 1. The van der Waals surface area contributed by atoms with Crippen LogP contribution in [0.1, 0.15) is 56.8 Å². The lowest BCUT2D eigenvalue weighted by Crippen LogP contribution is -2.35. The molecule has 0 aliphatic carbocycles. The van der Waals surface area contributed by atoms with Crippen LogP contribution < -0.4 is 15.5 Å². The molecule has 2 N–H and O–H groups in total. The van der Waals surface area contributed by atoms with Crippen molar-refractivity contribution in [1.29, 1.82) is 0 Å². The molecular weight excluding hydrogens is 338 g/mol. The fraction of sp³-hybridized carbons (Fsp3) is 0.579. The van der Waals surface area contributed by atoms with Crippen LogP contribution >= 0.6 is 11.6 Å². The van der Waals surface area contributed by atoms with Gasteiger partial charge in [-0.1, -0.05) is 6.92 Å². The van der Waals surface area contributed by atoms with Crippen LogP contribution in [0.5, 0.6) is 0 Å². The summed E-state index contributed by atoms with van der Waals surface area (Å²) >= 11 is 5.82. The van der Waals surface area contributed by atoms with Gasteiger partial charge in [-0.2, -0.15) is 0 Å². The summed E-state index contributed by atoms with van der Waals surface area (Å²) < 4.78 is 0. The molecule has 1 aliphatic rings. The van der Waals surface area contributed by atoms with Crippen LogP contribution in [0.2, 0.25) is 0 Å². The summed E-state index contributed by atoms with van der Waals surface area (Å²) in [7, 11) is 0. The van der Waals surface area contributed by atoms with Gasteiger partial charge in [-0.25, -0.2) is 0 Å². The summed E-state index contributed by atoms with van der Waals surface area (Å²) in [6.45, 7) is 7.55. The number of halogens is 1. The number of rotatable bonds is 6. The minimum atomic E-state index is -0.626. The van der Waals surface area contributed by atoms with Gasteiger partial charge in [0.1, 0.15) is 5.38 Å². The molecule has 25 heavy (non-hydrogen) atoms. The molecule has 1 heterocycles. The van der Waals surface area contributed by atoms with Crippen LogP contribution in [0.4, 0.5) is 11.4 Å². The van der Waals surface area contributed by atoms with Crippen molar-refractivity contribution in [2.75, 3.05) is 23.3 Å². The highest BCUT2D eigenvalue weighted by Crippen LogP contribution is 2.27. The Bertz CT molecular complexity index is 613. The van der Waals surface area contributed by atoms with Gasteiger partial charge < -0.3 is 15.5 Å². The first-order valence-electron chi connectivity index (χ1n) is 9.07. The van der Waals surface area contributed by atoms with E-state index in [1.165, 1.54) is 6.42 Å². The van der Waals surface area contributed by atoms with Crippen LogP contribution in [0.3, 0.4) is 0 Å².